The monoisotopic (exact) mass is 608 g/mol. The average molecular weight is 609 g/mol. The first-order chi connectivity index (χ1) is 23.1. The van der Waals surface area contributed by atoms with E-state index in [2.05, 4.69) is 157 Å². The largest absolute Gasteiger partial charge is 0.317 e. The van der Waals surface area contributed by atoms with E-state index in [0.717, 1.165) is 38.5 Å². The zero-order valence-corrected chi connectivity index (χ0v) is 27.3. The van der Waals surface area contributed by atoms with Crippen molar-refractivity contribution in [1.82, 2.24) is 4.57 Å². The number of fused-ring (bicyclic) bond motifs is 5. The summed E-state index contributed by atoms with van der Waals surface area (Å²) in [5, 5.41) is 0. The van der Waals surface area contributed by atoms with Crippen molar-refractivity contribution < 1.29 is 0 Å². The Morgan fingerprint density at radius 2 is 1.30 bits per heavy atom. The van der Waals surface area contributed by atoms with Crippen molar-refractivity contribution in [1.29, 1.82) is 0 Å². The molecule has 0 radical (unpaired) electrons. The lowest BCUT2D eigenvalue weighted by Crippen LogP contribution is -2.18. The van der Waals surface area contributed by atoms with Crippen molar-refractivity contribution >= 4 is 40.4 Å². The highest BCUT2D eigenvalue weighted by molar-refractivity contribution is 5.90. The molecule has 4 aromatic carbocycles. The molecule has 0 N–H and O–H groups in total. The predicted octanol–water partition coefficient (Wildman–Crippen LogP) is 11.8. The Bertz CT molecular complexity index is 2130. The predicted molar refractivity (Wildman–Crippen MR) is 199 cm³/mol. The second kappa shape index (κ2) is 11.0. The Balaban J connectivity index is 1.09. The average Bonchev–Trinajstić information content (AvgIpc) is 3.58. The molecule has 0 amide bonds. The van der Waals surface area contributed by atoms with Gasteiger partial charge in [0.15, 0.2) is 0 Å². The minimum Gasteiger partial charge on any atom is -0.317 e. The Hall–Kier alpha value is -5.08. The minimum absolute atomic E-state index is 0.00393. The van der Waals surface area contributed by atoms with E-state index >= 15 is 0 Å². The number of benzene rings is 4. The highest BCUT2D eigenvalue weighted by atomic mass is 15.1. The van der Waals surface area contributed by atoms with Gasteiger partial charge in [-0.1, -0.05) is 92.7 Å². The van der Waals surface area contributed by atoms with E-state index in [1.165, 1.54) is 78.7 Å². The van der Waals surface area contributed by atoms with E-state index in [9.17, 15) is 0 Å². The van der Waals surface area contributed by atoms with Crippen LogP contribution >= 0.6 is 0 Å². The second-order valence-corrected chi connectivity index (χ2v) is 13.9. The number of anilines is 3. The molecular weight excluding hydrogens is 569 g/mol. The van der Waals surface area contributed by atoms with Crippen molar-refractivity contribution in [3.8, 4) is 5.69 Å². The lowest BCUT2D eigenvalue weighted by atomic mass is 9.80. The van der Waals surface area contributed by atoms with Gasteiger partial charge in [-0.3, -0.25) is 0 Å². The van der Waals surface area contributed by atoms with Gasteiger partial charge in [0, 0.05) is 50.7 Å². The molecule has 1 heterocycles. The van der Waals surface area contributed by atoms with E-state index in [1.54, 1.807) is 0 Å². The normalized spacial score (nSPS) is 17.1. The van der Waals surface area contributed by atoms with Crippen LogP contribution in [0.1, 0.15) is 78.7 Å². The Morgan fingerprint density at radius 1 is 0.617 bits per heavy atom. The van der Waals surface area contributed by atoms with Crippen LogP contribution in [-0.4, -0.2) is 4.57 Å². The van der Waals surface area contributed by atoms with Gasteiger partial charge in [-0.15, -0.1) is 0 Å². The number of aromatic nitrogens is 1. The zero-order chi connectivity index (χ0) is 31.5. The second-order valence-electron chi connectivity index (χ2n) is 13.9. The van der Waals surface area contributed by atoms with E-state index in [1.807, 2.05) is 0 Å². The van der Waals surface area contributed by atoms with Crippen molar-refractivity contribution in [3.63, 3.8) is 0 Å². The van der Waals surface area contributed by atoms with Crippen molar-refractivity contribution in [2.45, 2.75) is 57.8 Å². The van der Waals surface area contributed by atoms with Gasteiger partial charge in [0.25, 0.3) is 0 Å². The Morgan fingerprint density at radius 3 is 2.11 bits per heavy atom. The lowest BCUT2D eigenvalue weighted by molar-refractivity contribution is 0.651. The Labute approximate surface area is 278 Å². The van der Waals surface area contributed by atoms with Gasteiger partial charge >= 0.3 is 0 Å². The zero-order valence-electron chi connectivity index (χ0n) is 27.3. The van der Waals surface area contributed by atoms with Crippen LogP contribution in [0, 0.1) is 0 Å². The molecule has 1 aromatic heterocycles. The van der Waals surface area contributed by atoms with E-state index in [-0.39, 0.29) is 5.41 Å². The maximum atomic E-state index is 2.54. The fourth-order valence-electron chi connectivity index (χ4n) is 8.57. The van der Waals surface area contributed by atoms with Crippen molar-refractivity contribution in [2.75, 3.05) is 4.90 Å². The Kier molecular flexibility index (Phi) is 6.61. The molecule has 4 aliphatic rings. The van der Waals surface area contributed by atoms with Gasteiger partial charge in [0.05, 0.1) is 0 Å². The summed E-state index contributed by atoms with van der Waals surface area (Å²) in [4.78, 5) is 2.42. The summed E-state index contributed by atoms with van der Waals surface area (Å²) in [6.45, 7) is 4.78. The van der Waals surface area contributed by atoms with Crippen LogP contribution < -0.4 is 4.90 Å². The third kappa shape index (κ3) is 4.53. The molecule has 9 rings (SSSR count). The standard InChI is InChI=1S/C45H40N2/c1-45(2)41-19-11-9-17-37(41)38-27-26-36(30-42(38)45)46(33-13-5-3-6-14-33)35-24-21-31(22-25-35)32-23-28-44-40(29-32)39-18-10-12-20-43(39)47(44)34-15-7-4-8-16-34/h3-8,10-11,13-16,18-19,21-22,24-27,29-30H,9,12,17,20,23,28H2,1-2H3. The molecule has 47 heavy (non-hydrogen) atoms. The smallest absolute Gasteiger partial charge is 0.0465 e. The maximum absolute atomic E-state index is 2.54. The van der Waals surface area contributed by atoms with Crippen LogP contribution in [0.5, 0.6) is 0 Å². The molecule has 230 valence electrons. The van der Waals surface area contributed by atoms with Gasteiger partial charge in [0.2, 0.25) is 0 Å². The fraction of sp³-hybridized carbons (Fsp3) is 0.200. The number of allylic oxidation sites excluding steroid dienone is 6. The summed E-state index contributed by atoms with van der Waals surface area (Å²) in [6, 6.07) is 38.2. The van der Waals surface area contributed by atoms with Crippen LogP contribution in [0.3, 0.4) is 0 Å². The first kappa shape index (κ1) is 28.2. The van der Waals surface area contributed by atoms with E-state index < -0.39 is 0 Å². The summed E-state index contributed by atoms with van der Waals surface area (Å²) in [6.07, 6.45) is 18.5. The molecule has 0 bridgehead atoms. The summed E-state index contributed by atoms with van der Waals surface area (Å²) in [5.41, 5.74) is 19.2. The SMILES string of the molecule is CC1(C)C2=C(CCC=C2)c2ccc(N(c3ccccc3)c3ccc(C4=Cc5c6c(n(-c7ccccc7)c5CC4)CCC=C6)cc3)cc21. The molecule has 0 atom stereocenters. The molecule has 0 aliphatic heterocycles. The van der Waals surface area contributed by atoms with Gasteiger partial charge in [0.1, 0.15) is 0 Å². The molecule has 0 saturated carbocycles. The third-order valence-corrected chi connectivity index (χ3v) is 10.9. The van der Waals surface area contributed by atoms with Gasteiger partial charge < -0.3 is 9.47 Å². The van der Waals surface area contributed by atoms with Gasteiger partial charge in [-0.05, 0) is 127 Å². The topological polar surface area (TPSA) is 8.17 Å². The van der Waals surface area contributed by atoms with Crippen LogP contribution in [0.15, 0.2) is 127 Å². The molecule has 0 unspecified atom stereocenters. The molecule has 0 saturated heterocycles. The number of rotatable bonds is 5. The molecule has 2 heteroatoms. The van der Waals surface area contributed by atoms with Crippen LogP contribution in [-0.2, 0) is 18.3 Å². The third-order valence-electron chi connectivity index (χ3n) is 10.9. The van der Waals surface area contributed by atoms with Crippen LogP contribution in [0.2, 0.25) is 0 Å². The number of hydrogen-bond donors (Lipinski definition) is 0. The highest BCUT2D eigenvalue weighted by Gasteiger charge is 2.37. The summed E-state index contributed by atoms with van der Waals surface area (Å²) in [5.74, 6) is 0. The van der Waals surface area contributed by atoms with Gasteiger partial charge in [-0.25, -0.2) is 0 Å². The van der Waals surface area contributed by atoms with Crippen LogP contribution in [0.4, 0.5) is 17.1 Å². The molecule has 4 aliphatic carbocycles. The van der Waals surface area contributed by atoms with Gasteiger partial charge in [-0.2, -0.15) is 0 Å². The summed E-state index contributed by atoms with van der Waals surface area (Å²) < 4.78 is 2.54. The molecule has 5 aromatic rings. The highest BCUT2D eigenvalue weighted by Crippen LogP contribution is 2.51. The molecule has 0 spiro atoms. The minimum atomic E-state index is 0.00393. The number of nitrogens with zero attached hydrogens (tertiary/aromatic N) is 2. The van der Waals surface area contributed by atoms with Crippen molar-refractivity contribution in [3.05, 3.63) is 166 Å². The molecular formula is C45H40N2. The number of para-hydroxylation sites is 2. The van der Waals surface area contributed by atoms with E-state index in [0.29, 0.717) is 0 Å². The van der Waals surface area contributed by atoms with Crippen LogP contribution in [0.25, 0.3) is 29.0 Å². The van der Waals surface area contributed by atoms with Crippen molar-refractivity contribution in [2.24, 2.45) is 0 Å². The van der Waals surface area contributed by atoms with E-state index in [4.69, 9.17) is 0 Å². The molecule has 2 nitrogen and oxygen atoms in total. The quantitative estimate of drug-likeness (QED) is 0.193. The first-order valence-corrected chi connectivity index (χ1v) is 17.3. The lowest BCUT2D eigenvalue weighted by Gasteiger charge is -2.29. The summed E-state index contributed by atoms with van der Waals surface area (Å²) in [7, 11) is 0. The number of hydrogen-bond acceptors (Lipinski definition) is 1. The fourth-order valence-corrected chi connectivity index (χ4v) is 8.57. The first-order valence-electron chi connectivity index (χ1n) is 17.3. The maximum Gasteiger partial charge on any atom is 0.0465 e. The molecule has 0 fully saturated rings. The summed E-state index contributed by atoms with van der Waals surface area (Å²) >= 11 is 0.